The van der Waals surface area contributed by atoms with Crippen molar-refractivity contribution in [2.45, 2.75) is 13.3 Å². The normalized spacial score (nSPS) is 10.1. The fourth-order valence-electron chi connectivity index (χ4n) is 1.05. The zero-order valence-corrected chi connectivity index (χ0v) is 9.30. The van der Waals surface area contributed by atoms with E-state index < -0.39 is 0 Å². The number of carbonyl (C=O) groups excluding carboxylic acids is 1. The lowest BCUT2D eigenvalue weighted by Crippen LogP contribution is -2.20. The summed E-state index contributed by atoms with van der Waals surface area (Å²) in [4.78, 5) is 11.3. The molecule has 0 atom stereocenters. The number of carbonyl (C=O) groups is 1. The number of hydrogen-bond donors (Lipinski definition) is 1. The van der Waals surface area contributed by atoms with Gasteiger partial charge in [0.1, 0.15) is 10.9 Å². The molecule has 15 heavy (non-hydrogen) atoms. The van der Waals surface area contributed by atoms with Crippen LogP contribution in [0.5, 0.6) is 0 Å². The van der Waals surface area contributed by atoms with Gasteiger partial charge in [-0.2, -0.15) is 5.26 Å². The van der Waals surface area contributed by atoms with Crippen LogP contribution in [-0.2, 0) is 4.79 Å². The van der Waals surface area contributed by atoms with Gasteiger partial charge in [0, 0.05) is 13.5 Å². The van der Waals surface area contributed by atoms with Gasteiger partial charge < -0.3 is 5.32 Å². The van der Waals surface area contributed by atoms with Crippen LogP contribution in [0, 0.1) is 11.3 Å². The fourth-order valence-corrected chi connectivity index (χ4v) is 1.71. The number of nitrogens with zero attached hydrogens (tertiary/aromatic N) is 1. The van der Waals surface area contributed by atoms with Gasteiger partial charge in [-0.25, -0.2) is 0 Å². The van der Waals surface area contributed by atoms with Crippen LogP contribution in [0.15, 0.2) is 17.5 Å². The standard InChI is InChI=1S/C11H12N2OS/c1-9(14)13-5-3-2-4-10-6-11(7-12)15-8-10/h2,4,6,8H,3,5H2,1H3,(H,13,14). The third-order valence-corrected chi connectivity index (χ3v) is 2.58. The summed E-state index contributed by atoms with van der Waals surface area (Å²) in [6.07, 6.45) is 4.75. The van der Waals surface area contributed by atoms with Crippen molar-refractivity contribution in [3.05, 3.63) is 28.0 Å². The molecule has 0 fully saturated rings. The van der Waals surface area contributed by atoms with E-state index in [0.717, 1.165) is 16.9 Å². The van der Waals surface area contributed by atoms with Crippen molar-refractivity contribution >= 4 is 23.3 Å². The van der Waals surface area contributed by atoms with E-state index >= 15 is 0 Å². The largest absolute Gasteiger partial charge is 0.356 e. The fraction of sp³-hybridized carbons (Fsp3) is 0.273. The predicted molar refractivity (Wildman–Crippen MR) is 61.4 cm³/mol. The summed E-state index contributed by atoms with van der Waals surface area (Å²) in [5, 5.41) is 13.3. The lowest BCUT2D eigenvalue weighted by Gasteiger charge is -1.95. The SMILES string of the molecule is CC(=O)NCCC=Cc1csc(C#N)c1. The van der Waals surface area contributed by atoms with Crippen molar-refractivity contribution < 1.29 is 4.79 Å². The van der Waals surface area contributed by atoms with E-state index in [0.29, 0.717) is 6.54 Å². The molecule has 1 N–H and O–H groups in total. The topological polar surface area (TPSA) is 52.9 Å². The predicted octanol–water partition coefficient (Wildman–Crippen LogP) is 2.16. The average Bonchev–Trinajstić information content (AvgIpc) is 2.65. The zero-order valence-electron chi connectivity index (χ0n) is 8.49. The van der Waals surface area contributed by atoms with Crippen LogP contribution in [0.1, 0.15) is 23.8 Å². The molecule has 3 nitrogen and oxygen atoms in total. The highest BCUT2D eigenvalue weighted by atomic mass is 32.1. The summed E-state index contributed by atoms with van der Waals surface area (Å²) in [6.45, 7) is 2.16. The van der Waals surface area contributed by atoms with Crippen LogP contribution in [0.4, 0.5) is 0 Å². The van der Waals surface area contributed by atoms with Crippen LogP contribution >= 0.6 is 11.3 Å². The maximum atomic E-state index is 10.5. The second-order valence-corrected chi connectivity index (χ2v) is 3.94. The van der Waals surface area contributed by atoms with E-state index in [2.05, 4.69) is 11.4 Å². The molecule has 0 radical (unpaired) electrons. The van der Waals surface area contributed by atoms with Gasteiger partial charge in [-0.15, -0.1) is 11.3 Å². The summed E-state index contributed by atoms with van der Waals surface area (Å²) in [7, 11) is 0. The lowest BCUT2D eigenvalue weighted by atomic mass is 10.2. The summed E-state index contributed by atoms with van der Waals surface area (Å²) in [6, 6.07) is 3.94. The monoisotopic (exact) mass is 220 g/mol. The highest BCUT2D eigenvalue weighted by Gasteiger charge is 1.94. The van der Waals surface area contributed by atoms with E-state index in [1.54, 1.807) is 0 Å². The Hall–Kier alpha value is -1.60. The molecule has 0 saturated carbocycles. The number of nitrogens with one attached hydrogen (secondary N) is 1. The quantitative estimate of drug-likeness (QED) is 0.790. The number of rotatable bonds is 4. The number of nitriles is 1. The molecule has 4 heteroatoms. The van der Waals surface area contributed by atoms with Crippen LogP contribution in [0.25, 0.3) is 6.08 Å². The first-order valence-corrected chi connectivity index (χ1v) is 5.50. The molecule has 1 aromatic rings. The summed E-state index contributed by atoms with van der Waals surface area (Å²) in [5.41, 5.74) is 1.04. The lowest BCUT2D eigenvalue weighted by molar-refractivity contribution is -0.118. The maximum absolute atomic E-state index is 10.5. The first-order chi connectivity index (χ1) is 7.22. The van der Waals surface area contributed by atoms with Gasteiger partial charge in [-0.1, -0.05) is 12.2 Å². The summed E-state index contributed by atoms with van der Waals surface area (Å²) in [5.74, 6) is -0.00861. The molecule has 0 aliphatic carbocycles. The van der Waals surface area contributed by atoms with Gasteiger partial charge in [0.25, 0.3) is 0 Å². The minimum absolute atomic E-state index is 0.00861. The van der Waals surface area contributed by atoms with Crippen LogP contribution in [-0.4, -0.2) is 12.5 Å². The molecule has 0 unspecified atom stereocenters. The Balaban J connectivity index is 2.32. The second-order valence-electron chi connectivity index (χ2n) is 3.03. The molecular formula is C11H12N2OS. The third kappa shape index (κ3) is 4.43. The van der Waals surface area contributed by atoms with E-state index in [1.165, 1.54) is 18.3 Å². The van der Waals surface area contributed by atoms with Crippen LogP contribution in [0.3, 0.4) is 0 Å². The average molecular weight is 220 g/mol. The van der Waals surface area contributed by atoms with Crippen LogP contribution in [0.2, 0.25) is 0 Å². The highest BCUT2D eigenvalue weighted by Crippen LogP contribution is 2.14. The minimum Gasteiger partial charge on any atom is -0.356 e. The molecule has 78 valence electrons. The molecule has 0 spiro atoms. The molecule has 0 aliphatic rings. The molecule has 1 aromatic heterocycles. The Labute approximate surface area is 93.0 Å². The molecule has 1 amide bonds. The van der Waals surface area contributed by atoms with E-state index in [4.69, 9.17) is 5.26 Å². The maximum Gasteiger partial charge on any atom is 0.216 e. The molecular weight excluding hydrogens is 208 g/mol. The van der Waals surface area contributed by atoms with E-state index in [9.17, 15) is 4.79 Å². The van der Waals surface area contributed by atoms with Crippen molar-refractivity contribution in [1.29, 1.82) is 5.26 Å². The second kappa shape index (κ2) is 5.99. The number of amides is 1. The van der Waals surface area contributed by atoms with Gasteiger partial charge in [-0.05, 0) is 23.4 Å². The van der Waals surface area contributed by atoms with E-state index in [-0.39, 0.29) is 5.91 Å². The molecule has 0 aromatic carbocycles. The summed E-state index contributed by atoms with van der Waals surface area (Å²) >= 11 is 1.44. The van der Waals surface area contributed by atoms with Crippen molar-refractivity contribution in [1.82, 2.24) is 5.32 Å². The Morgan fingerprint density at radius 1 is 1.73 bits per heavy atom. The number of thiophene rings is 1. The molecule has 1 rings (SSSR count). The van der Waals surface area contributed by atoms with E-state index in [1.807, 2.05) is 23.6 Å². The smallest absolute Gasteiger partial charge is 0.216 e. The Kier molecular flexibility index (Phi) is 4.58. The third-order valence-electron chi connectivity index (χ3n) is 1.73. The van der Waals surface area contributed by atoms with Crippen LogP contribution < -0.4 is 5.32 Å². The Bertz CT molecular complexity index is 401. The van der Waals surface area contributed by atoms with Gasteiger partial charge in [0.15, 0.2) is 0 Å². The number of hydrogen-bond acceptors (Lipinski definition) is 3. The van der Waals surface area contributed by atoms with Gasteiger partial charge in [0.2, 0.25) is 5.91 Å². The summed E-state index contributed by atoms with van der Waals surface area (Å²) < 4.78 is 0. The molecule has 0 saturated heterocycles. The molecule has 0 bridgehead atoms. The van der Waals surface area contributed by atoms with Crippen molar-refractivity contribution in [2.24, 2.45) is 0 Å². The highest BCUT2D eigenvalue weighted by molar-refractivity contribution is 7.10. The zero-order chi connectivity index (χ0) is 11.1. The van der Waals surface area contributed by atoms with Crippen molar-refractivity contribution in [2.75, 3.05) is 6.54 Å². The Morgan fingerprint density at radius 2 is 2.53 bits per heavy atom. The molecule has 1 heterocycles. The molecule has 0 aliphatic heterocycles. The van der Waals surface area contributed by atoms with Gasteiger partial charge >= 0.3 is 0 Å². The minimum atomic E-state index is -0.00861. The van der Waals surface area contributed by atoms with Crippen molar-refractivity contribution in [3.63, 3.8) is 0 Å². The van der Waals surface area contributed by atoms with Gasteiger partial charge in [0.05, 0.1) is 0 Å². The Morgan fingerprint density at radius 3 is 3.13 bits per heavy atom. The van der Waals surface area contributed by atoms with Crippen molar-refractivity contribution in [3.8, 4) is 6.07 Å². The first kappa shape index (κ1) is 11.5. The first-order valence-electron chi connectivity index (χ1n) is 4.62. The van der Waals surface area contributed by atoms with Gasteiger partial charge in [-0.3, -0.25) is 4.79 Å².